The predicted octanol–water partition coefficient (Wildman–Crippen LogP) is 2.29. The van der Waals surface area contributed by atoms with Crippen LogP contribution in [0.2, 0.25) is 0 Å². The number of carbonyl (C=O) groups excluding carboxylic acids is 1. The molecule has 0 spiro atoms. The fraction of sp³-hybridized carbons (Fsp3) is 0.438. The first-order valence-electron chi connectivity index (χ1n) is 7.44. The van der Waals surface area contributed by atoms with Crippen molar-refractivity contribution in [3.63, 3.8) is 0 Å². The zero-order valence-corrected chi connectivity index (χ0v) is 11.8. The Morgan fingerprint density at radius 1 is 1.05 bits per heavy atom. The third-order valence-electron chi connectivity index (χ3n) is 5.36. The van der Waals surface area contributed by atoms with Crippen molar-refractivity contribution < 1.29 is 18.0 Å². The maximum absolute atomic E-state index is 12.6. The highest BCUT2D eigenvalue weighted by Gasteiger charge is 2.79. The number of carbonyl (C=O) groups is 1. The standard InChI is InChI=1S/C16H13F3N2O/c1-2-20-11-9-10-12(20)14(10)21(13(9)11)15(22)7-3-5-8(6-4-7)16(17,18)19/h3-6,11-14H,2H2,1H3. The van der Waals surface area contributed by atoms with E-state index in [2.05, 4.69) is 11.8 Å². The van der Waals surface area contributed by atoms with E-state index in [-0.39, 0.29) is 18.0 Å². The van der Waals surface area contributed by atoms with Crippen LogP contribution in [-0.2, 0) is 6.18 Å². The fourth-order valence-corrected chi connectivity index (χ4v) is 4.42. The van der Waals surface area contributed by atoms with E-state index in [4.69, 9.17) is 0 Å². The normalized spacial score (nSPS) is 34.3. The largest absolute Gasteiger partial charge is 0.416 e. The number of amides is 1. The van der Waals surface area contributed by atoms with Crippen LogP contribution in [0.1, 0.15) is 22.8 Å². The Bertz CT molecular complexity index is 711. The van der Waals surface area contributed by atoms with Gasteiger partial charge in [0.25, 0.3) is 5.91 Å². The minimum Gasteiger partial charge on any atom is -0.321 e. The maximum atomic E-state index is 12.6. The summed E-state index contributed by atoms with van der Waals surface area (Å²) in [6.07, 6.45) is -4.37. The predicted molar refractivity (Wildman–Crippen MR) is 72.2 cm³/mol. The van der Waals surface area contributed by atoms with E-state index in [0.29, 0.717) is 17.6 Å². The number of hydrogen-bond acceptors (Lipinski definition) is 2. The first-order valence-corrected chi connectivity index (χ1v) is 7.44. The van der Waals surface area contributed by atoms with E-state index in [1.165, 1.54) is 23.3 Å². The van der Waals surface area contributed by atoms with Gasteiger partial charge in [-0.1, -0.05) is 6.92 Å². The summed E-state index contributed by atoms with van der Waals surface area (Å²) < 4.78 is 37.8. The van der Waals surface area contributed by atoms with Crippen molar-refractivity contribution in [2.75, 3.05) is 6.54 Å². The van der Waals surface area contributed by atoms with Gasteiger partial charge in [-0.05, 0) is 42.0 Å². The lowest BCUT2D eigenvalue weighted by Crippen LogP contribution is -2.48. The molecule has 6 heteroatoms. The number of piperazine rings is 1. The van der Waals surface area contributed by atoms with E-state index < -0.39 is 11.7 Å². The zero-order valence-electron chi connectivity index (χ0n) is 11.8. The molecule has 0 saturated heterocycles. The molecule has 0 radical (unpaired) electrons. The number of benzene rings is 1. The second-order valence-electron chi connectivity index (χ2n) is 6.31. The van der Waals surface area contributed by atoms with Crippen molar-refractivity contribution in [1.82, 2.24) is 9.80 Å². The molecule has 2 heterocycles. The first-order chi connectivity index (χ1) is 10.4. The highest BCUT2D eigenvalue weighted by molar-refractivity contribution is 5.98. The third-order valence-corrected chi connectivity index (χ3v) is 5.36. The lowest BCUT2D eigenvalue weighted by Gasteiger charge is -2.31. The molecule has 22 heavy (non-hydrogen) atoms. The quantitative estimate of drug-likeness (QED) is 0.783. The molecule has 3 nitrogen and oxygen atoms in total. The molecule has 1 aromatic rings. The molecule has 2 aliphatic carbocycles. The molecular formula is C16H13F3N2O. The van der Waals surface area contributed by atoms with Gasteiger partial charge in [0.1, 0.15) is 0 Å². The summed E-state index contributed by atoms with van der Waals surface area (Å²) in [5.41, 5.74) is 2.42. The van der Waals surface area contributed by atoms with Crippen molar-refractivity contribution >= 4 is 5.91 Å². The molecule has 0 bridgehead atoms. The molecule has 2 aliphatic heterocycles. The van der Waals surface area contributed by atoms with Crippen LogP contribution in [0.5, 0.6) is 0 Å². The molecule has 1 aromatic carbocycles. The first kappa shape index (κ1) is 12.7. The Labute approximate surface area is 125 Å². The molecule has 2 saturated carbocycles. The van der Waals surface area contributed by atoms with Crippen LogP contribution in [0.25, 0.3) is 0 Å². The monoisotopic (exact) mass is 306 g/mol. The average molecular weight is 306 g/mol. The van der Waals surface area contributed by atoms with Gasteiger partial charge in [0.05, 0.1) is 29.7 Å². The Morgan fingerprint density at radius 3 is 2.05 bits per heavy atom. The van der Waals surface area contributed by atoms with Gasteiger partial charge < -0.3 is 4.90 Å². The van der Waals surface area contributed by atoms with Crippen molar-refractivity contribution in [2.24, 2.45) is 0 Å². The van der Waals surface area contributed by atoms with E-state index in [0.717, 1.165) is 18.7 Å². The van der Waals surface area contributed by atoms with E-state index in [1.54, 1.807) is 0 Å². The summed E-state index contributed by atoms with van der Waals surface area (Å²) in [4.78, 5) is 17.0. The van der Waals surface area contributed by atoms with Crippen LogP contribution in [-0.4, -0.2) is 46.4 Å². The number of rotatable bonds is 2. The van der Waals surface area contributed by atoms with Gasteiger partial charge in [-0.2, -0.15) is 13.2 Å². The van der Waals surface area contributed by atoms with Gasteiger partial charge in [0.15, 0.2) is 0 Å². The van der Waals surface area contributed by atoms with Gasteiger partial charge in [-0.3, -0.25) is 9.69 Å². The van der Waals surface area contributed by atoms with E-state index >= 15 is 0 Å². The third kappa shape index (κ3) is 1.30. The number of likely N-dealkylation sites (N-methyl/N-ethyl adjacent to an activating group) is 1. The smallest absolute Gasteiger partial charge is 0.321 e. The lowest BCUT2D eigenvalue weighted by molar-refractivity contribution is -0.137. The van der Waals surface area contributed by atoms with Crippen LogP contribution >= 0.6 is 0 Å². The Morgan fingerprint density at radius 2 is 1.59 bits per heavy atom. The summed E-state index contributed by atoms with van der Waals surface area (Å²) in [7, 11) is 0. The van der Waals surface area contributed by atoms with Crippen LogP contribution in [0, 0.1) is 0 Å². The number of nitrogens with zero attached hydrogens (tertiary/aromatic N) is 2. The van der Waals surface area contributed by atoms with Gasteiger partial charge in [-0.25, -0.2) is 0 Å². The topological polar surface area (TPSA) is 23.6 Å². The lowest BCUT2D eigenvalue weighted by atomic mass is 10.1. The van der Waals surface area contributed by atoms with Crippen molar-refractivity contribution in [3.8, 4) is 0 Å². The molecule has 114 valence electrons. The minimum atomic E-state index is -4.37. The zero-order chi connectivity index (χ0) is 15.4. The SMILES string of the molecule is CCN1C2C3=C4C1C4N(C(=O)c1ccc(C(F)(F)F)cc1)C32. The molecular weight excluding hydrogens is 293 g/mol. The summed E-state index contributed by atoms with van der Waals surface area (Å²) >= 11 is 0. The number of halogens is 3. The summed E-state index contributed by atoms with van der Waals surface area (Å²) in [6.45, 7) is 3.11. The van der Waals surface area contributed by atoms with Gasteiger partial charge in [-0.15, -0.1) is 0 Å². The summed E-state index contributed by atoms with van der Waals surface area (Å²) in [5.74, 6) is -0.142. The second kappa shape index (κ2) is 3.56. The Hall–Kier alpha value is -1.82. The number of fused-ring (bicyclic) bond motifs is 2. The summed E-state index contributed by atoms with van der Waals surface area (Å²) in [6, 6.07) is 5.67. The average Bonchev–Trinajstić information content (AvgIpc) is 3.34. The fourth-order valence-electron chi connectivity index (χ4n) is 4.42. The van der Waals surface area contributed by atoms with E-state index in [9.17, 15) is 18.0 Å². The molecule has 4 unspecified atom stereocenters. The number of alkyl halides is 3. The molecule has 5 rings (SSSR count). The second-order valence-corrected chi connectivity index (χ2v) is 6.31. The Kier molecular flexibility index (Phi) is 2.06. The van der Waals surface area contributed by atoms with E-state index in [1.807, 2.05) is 4.90 Å². The molecule has 1 amide bonds. The van der Waals surface area contributed by atoms with Gasteiger partial charge in [0, 0.05) is 5.56 Å². The highest BCUT2D eigenvalue weighted by atomic mass is 19.4. The van der Waals surface area contributed by atoms with Crippen molar-refractivity contribution in [3.05, 3.63) is 46.5 Å². The molecule has 0 aromatic heterocycles. The molecule has 4 aliphatic rings. The van der Waals surface area contributed by atoms with Crippen molar-refractivity contribution in [2.45, 2.75) is 37.3 Å². The van der Waals surface area contributed by atoms with Crippen LogP contribution in [0.4, 0.5) is 13.2 Å². The van der Waals surface area contributed by atoms with Gasteiger partial charge in [0.2, 0.25) is 0 Å². The van der Waals surface area contributed by atoms with Crippen LogP contribution in [0.3, 0.4) is 0 Å². The van der Waals surface area contributed by atoms with Gasteiger partial charge >= 0.3 is 6.18 Å². The molecule has 2 fully saturated rings. The van der Waals surface area contributed by atoms with Crippen LogP contribution in [0.15, 0.2) is 35.4 Å². The molecule has 4 atom stereocenters. The highest BCUT2D eigenvalue weighted by Crippen LogP contribution is 2.68. The minimum absolute atomic E-state index is 0.142. The maximum Gasteiger partial charge on any atom is 0.416 e. The van der Waals surface area contributed by atoms with Crippen molar-refractivity contribution in [1.29, 1.82) is 0 Å². The Balaban J connectivity index is 1.40. The summed E-state index contributed by atoms with van der Waals surface area (Å²) in [5, 5.41) is 0. The molecule has 0 N–H and O–H groups in total. The number of hydrogen-bond donors (Lipinski definition) is 0. The van der Waals surface area contributed by atoms with Crippen LogP contribution < -0.4 is 0 Å².